The molecule has 1 N–H and O–H groups in total. The number of hydrogen-bond donors (Lipinski definition) is 1. The third-order valence-electron chi connectivity index (χ3n) is 2.90. The van der Waals surface area contributed by atoms with Gasteiger partial charge >= 0.3 is 0 Å². The van der Waals surface area contributed by atoms with E-state index in [2.05, 4.69) is 16.0 Å². The van der Waals surface area contributed by atoms with Gasteiger partial charge in [0.15, 0.2) is 0 Å². The lowest BCUT2D eigenvalue weighted by Gasteiger charge is -1.98. The first-order valence-corrected chi connectivity index (χ1v) is 5.78. The number of aromatic amines is 1. The molecule has 0 atom stereocenters. The number of fused-ring (bicyclic) bond motifs is 1. The lowest BCUT2D eigenvalue weighted by molar-refractivity contribution is 1.25. The minimum atomic E-state index is 0.445. The Morgan fingerprint density at radius 3 is 2.56 bits per heavy atom. The number of rotatable bonds is 2. The molecule has 18 heavy (non-hydrogen) atoms. The molecule has 86 valence electrons. The number of benzene rings is 2. The Morgan fingerprint density at radius 1 is 1.06 bits per heavy atom. The van der Waals surface area contributed by atoms with Gasteiger partial charge in [0.05, 0.1) is 23.5 Å². The second-order valence-corrected chi connectivity index (χ2v) is 4.13. The van der Waals surface area contributed by atoms with E-state index in [4.69, 9.17) is 5.26 Å². The molecular weight excluding hydrogens is 222 g/mol. The van der Waals surface area contributed by atoms with Gasteiger partial charge in [-0.05, 0) is 17.7 Å². The molecule has 3 nitrogen and oxygen atoms in total. The van der Waals surface area contributed by atoms with Gasteiger partial charge in [0.1, 0.15) is 5.82 Å². The number of nitriles is 1. The molecule has 0 amide bonds. The molecule has 1 aromatic heterocycles. The molecule has 0 bridgehead atoms. The van der Waals surface area contributed by atoms with Crippen LogP contribution in [0.4, 0.5) is 0 Å². The quantitative estimate of drug-likeness (QED) is 0.738. The maximum Gasteiger partial charge on any atom is 0.138 e. The topological polar surface area (TPSA) is 52.5 Å². The molecule has 0 radical (unpaired) electrons. The highest BCUT2D eigenvalue weighted by atomic mass is 14.9. The van der Waals surface area contributed by atoms with Crippen LogP contribution in [-0.4, -0.2) is 9.97 Å². The summed E-state index contributed by atoms with van der Waals surface area (Å²) in [6.45, 7) is 0. The minimum Gasteiger partial charge on any atom is -0.338 e. The van der Waals surface area contributed by atoms with Crippen molar-refractivity contribution in [2.75, 3.05) is 0 Å². The van der Waals surface area contributed by atoms with Crippen molar-refractivity contribution in [1.29, 1.82) is 5.26 Å². The lowest BCUT2D eigenvalue weighted by atomic mass is 10.1. The number of H-pyrrole nitrogens is 1. The molecule has 0 unspecified atom stereocenters. The maximum atomic E-state index is 8.63. The Hall–Kier alpha value is -2.60. The summed E-state index contributed by atoms with van der Waals surface area (Å²) in [7, 11) is 0. The number of para-hydroxylation sites is 2. The molecule has 0 aliphatic carbocycles. The van der Waals surface area contributed by atoms with E-state index in [9.17, 15) is 0 Å². The molecular formula is C15H11N3. The summed E-state index contributed by atoms with van der Waals surface area (Å²) in [6.07, 6.45) is 0.445. The van der Waals surface area contributed by atoms with Crippen LogP contribution in [0, 0.1) is 11.3 Å². The predicted octanol–water partition coefficient (Wildman–Crippen LogP) is 3.30. The van der Waals surface area contributed by atoms with E-state index in [0.717, 1.165) is 28.0 Å². The van der Waals surface area contributed by atoms with Gasteiger partial charge in [0, 0.05) is 5.56 Å². The first-order chi connectivity index (χ1) is 8.86. The van der Waals surface area contributed by atoms with E-state index in [-0.39, 0.29) is 0 Å². The third kappa shape index (κ3) is 1.85. The van der Waals surface area contributed by atoms with Gasteiger partial charge in [0.2, 0.25) is 0 Å². The van der Waals surface area contributed by atoms with Crippen LogP contribution in [0.15, 0.2) is 48.5 Å². The van der Waals surface area contributed by atoms with Crippen LogP contribution < -0.4 is 0 Å². The van der Waals surface area contributed by atoms with Gasteiger partial charge in [-0.3, -0.25) is 0 Å². The molecule has 2 aromatic carbocycles. The van der Waals surface area contributed by atoms with E-state index in [1.807, 2.05) is 48.5 Å². The fraction of sp³-hybridized carbons (Fsp3) is 0.0667. The highest BCUT2D eigenvalue weighted by molar-refractivity contribution is 5.79. The van der Waals surface area contributed by atoms with Gasteiger partial charge in [0.25, 0.3) is 0 Å². The number of nitrogens with zero attached hydrogens (tertiary/aromatic N) is 2. The first-order valence-electron chi connectivity index (χ1n) is 5.78. The van der Waals surface area contributed by atoms with Crippen LogP contribution in [0.1, 0.15) is 5.56 Å². The Labute approximate surface area is 105 Å². The minimum absolute atomic E-state index is 0.445. The SMILES string of the molecule is N#CCc1ccc(-c2nc3ccccc3[nH]2)cc1. The number of nitrogens with one attached hydrogen (secondary N) is 1. The average Bonchev–Trinajstić information content (AvgIpc) is 2.84. The van der Waals surface area contributed by atoms with Gasteiger partial charge < -0.3 is 4.98 Å². The maximum absolute atomic E-state index is 8.63. The molecule has 0 fully saturated rings. The molecule has 3 rings (SSSR count). The lowest BCUT2D eigenvalue weighted by Crippen LogP contribution is -1.83. The number of imidazole rings is 1. The van der Waals surface area contributed by atoms with Crippen LogP contribution in [0.25, 0.3) is 22.4 Å². The zero-order chi connectivity index (χ0) is 12.4. The number of aromatic nitrogens is 2. The Bertz CT molecular complexity index is 684. The molecule has 3 aromatic rings. The fourth-order valence-corrected chi connectivity index (χ4v) is 1.96. The van der Waals surface area contributed by atoms with Gasteiger partial charge in [-0.25, -0.2) is 4.98 Å². The Morgan fingerprint density at radius 2 is 1.83 bits per heavy atom. The summed E-state index contributed by atoms with van der Waals surface area (Å²) in [4.78, 5) is 7.83. The normalized spacial score (nSPS) is 10.4. The van der Waals surface area contributed by atoms with Crippen LogP contribution in [-0.2, 0) is 6.42 Å². The summed E-state index contributed by atoms with van der Waals surface area (Å²) in [6, 6.07) is 18.0. The van der Waals surface area contributed by atoms with Gasteiger partial charge in [-0.1, -0.05) is 36.4 Å². The zero-order valence-electron chi connectivity index (χ0n) is 9.72. The highest BCUT2D eigenvalue weighted by Crippen LogP contribution is 2.20. The van der Waals surface area contributed by atoms with E-state index >= 15 is 0 Å². The van der Waals surface area contributed by atoms with Gasteiger partial charge in [-0.2, -0.15) is 5.26 Å². The van der Waals surface area contributed by atoms with Crippen molar-refractivity contribution >= 4 is 11.0 Å². The van der Waals surface area contributed by atoms with Crippen LogP contribution >= 0.6 is 0 Å². The molecule has 1 heterocycles. The molecule has 0 spiro atoms. The fourth-order valence-electron chi connectivity index (χ4n) is 1.96. The van der Waals surface area contributed by atoms with Crippen LogP contribution in [0.5, 0.6) is 0 Å². The summed E-state index contributed by atoms with van der Waals surface area (Å²) in [5.74, 6) is 0.861. The van der Waals surface area contributed by atoms with Crippen molar-refractivity contribution in [2.45, 2.75) is 6.42 Å². The van der Waals surface area contributed by atoms with E-state index in [0.29, 0.717) is 6.42 Å². The first kappa shape index (κ1) is 10.5. The van der Waals surface area contributed by atoms with Gasteiger partial charge in [-0.15, -0.1) is 0 Å². The average molecular weight is 233 g/mol. The van der Waals surface area contributed by atoms with E-state index in [1.54, 1.807) is 0 Å². The molecule has 3 heteroatoms. The highest BCUT2D eigenvalue weighted by Gasteiger charge is 2.04. The summed E-state index contributed by atoms with van der Waals surface area (Å²) >= 11 is 0. The van der Waals surface area contributed by atoms with Crippen molar-refractivity contribution < 1.29 is 0 Å². The summed E-state index contributed by atoms with van der Waals surface area (Å²) in [5.41, 5.74) is 4.06. The zero-order valence-corrected chi connectivity index (χ0v) is 9.72. The predicted molar refractivity (Wildman–Crippen MR) is 70.8 cm³/mol. The number of hydrogen-bond acceptors (Lipinski definition) is 2. The monoisotopic (exact) mass is 233 g/mol. The summed E-state index contributed by atoms with van der Waals surface area (Å²) < 4.78 is 0. The van der Waals surface area contributed by atoms with Crippen LogP contribution in [0.3, 0.4) is 0 Å². The Kier molecular flexibility index (Phi) is 2.54. The van der Waals surface area contributed by atoms with Crippen molar-refractivity contribution in [3.8, 4) is 17.5 Å². The molecule has 0 aliphatic rings. The van der Waals surface area contributed by atoms with E-state index in [1.165, 1.54) is 0 Å². The Balaban J connectivity index is 2.01. The van der Waals surface area contributed by atoms with Crippen LogP contribution in [0.2, 0.25) is 0 Å². The van der Waals surface area contributed by atoms with Crippen molar-refractivity contribution in [2.24, 2.45) is 0 Å². The largest absolute Gasteiger partial charge is 0.338 e. The van der Waals surface area contributed by atoms with Crippen molar-refractivity contribution in [3.05, 3.63) is 54.1 Å². The smallest absolute Gasteiger partial charge is 0.138 e. The molecule has 0 saturated heterocycles. The molecule has 0 saturated carbocycles. The van der Waals surface area contributed by atoms with Crippen molar-refractivity contribution in [1.82, 2.24) is 9.97 Å². The summed E-state index contributed by atoms with van der Waals surface area (Å²) in [5, 5.41) is 8.63. The standard InChI is InChI=1S/C15H11N3/c16-10-9-11-5-7-12(8-6-11)15-17-13-3-1-2-4-14(13)18-15/h1-8H,9H2,(H,17,18). The van der Waals surface area contributed by atoms with E-state index < -0.39 is 0 Å². The molecule has 0 aliphatic heterocycles. The van der Waals surface area contributed by atoms with Crippen molar-refractivity contribution in [3.63, 3.8) is 0 Å². The third-order valence-corrected chi connectivity index (χ3v) is 2.90. The second-order valence-electron chi connectivity index (χ2n) is 4.13. The second kappa shape index (κ2) is 4.34.